The highest BCUT2D eigenvalue weighted by molar-refractivity contribution is 5.33. The molecule has 0 unspecified atom stereocenters. The van der Waals surface area contributed by atoms with Crippen LogP contribution in [0.25, 0.3) is 0 Å². The highest BCUT2D eigenvalue weighted by atomic mass is 14.2. The first kappa shape index (κ1) is 11.6. The minimum absolute atomic E-state index is 1.32. The highest BCUT2D eigenvalue weighted by Crippen LogP contribution is 2.38. The molecule has 17 heavy (non-hydrogen) atoms. The van der Waals surface area contributed by atoms with E-state index < -0.39 is 0 Å². The van der Waals surface area contributed by atoms with Gasteiger partial charge in [-0.25, -0.2) is 0 Å². The quantitative estimate of drug-likeness (QED) is 0.481. The minimum Gasteiger partial charge on any atom is -0.0707 e. The van der Waals surface area contributed by atoms with Crippen LogP contribution in [0.4, 0.5) is 0 Å². The van der Waals surface area contributed by atoms with E-state index in [9.17, 15) is 0 Å². The second-order valence-corrected chi connectivity index (χ2v) is 6.02. The van der Waals surface area contributed by atoms with E-state index in [0.29, 0.717) is 0 Å². The molecule has 0 heterocycles. The molecule has 0 spiro atoms. The summed E-state index contributed by atoms with van der Waals surface area (Å²) in [5.41, 5.74) is 7.25. The van der Waals surface area contributed by atoms with Gasteiger partial charge in [-0.1, -0.05) is 22.3 Å². The standard InChI is InChI=1S/C17H25/c1-2-8-15-10-4-6-12-17(15)13-16-11-5-3-9-14(16)7-1/h11H,1-10,12-13H2. The van der Waals surface area contributed by atoms with Crippen LogP contribution in [0.5, 0.6) is 0 Å². The fourth-order valence-electron chi connectivity index (χ4n) is 3.83. The molecule has 3 rings (SSSR count). The van der Waals surface area contributed by atoms with Gasteiger partial charge in [-0.15, -0.1) is 0 Å². The maximum Gasteiger partial charge on any atom is -0.0100 e. The van der Waals surface area contributed by atoms with Gasteiger partial charge in [-0.3, -0.25) is 0 Å². The molecule has 3 aliphatic carbocycles. The Morgan fingerprint density at radius 2 is 1.18 bits per heavy atom. The first-order chi connectivity index (χ1) is 8.43. The largest absolute Gasteiger partial charge is 0.0707 e. The van der Waals surface area contributed by atoms with Gasteiger partial charge in [0.05, 0.1) is 0 Å². The van der Waals surface area contributed by atoms with Gasteiger partial charge in [0.25, 0.3) is 0 Å². The average molecular weight is 229 g/mol. The Kier molecular flexibility index (Phi) is 3.68. The minimum atomic E-state index is 1.32. The number of allylic oxidation sites excluding steroid dienone is 4. The molecule has 0 aromatic heterocycles. The van der Waals surface area contributed by atoms with Crippen LogP contribution >= 0.6 is 0 Å². The van der Waals surface area contributed by atoms with Gasteiger partial charge >= 0.3 is 0 Å². The Morgan fingerprint density at radius 3 is 1.94 bits per heavy atom. The lowest BCUT2D eigenvalue weighted by Gasteiger charge is -2.24. The summed E-state index contributed by atoms with van der Waals surface area (Å²) in [6.07, 6.45) is 19.4. The van der Waals surface area contributed by atoms with Crippen LogP contribution in [0, 0.1) is 6.42 Å². The van der Waals surface area contributed by atoms with E-state index in [4.69, 9.17) is 0 Å². The monoisotopic (exact) mass is 229 g/mol. The van der Waals surface area contributed by atoms with Crippen molar-refractivity contribution in [2.24, 2.45) is 0 Å². The van der Waals surface area contributed by atoms with Gasteiger partial charge in [-0.2, -0.15) is 0 Å². The van der Waals surface area contributed by atoms with Crippen LogP contribution in [0.3, 0.4) is 0 Å². The lowest BCUT2D eigenvalue weighted by molar-refractivity contribution is 0.619. The van der Waals surface area contributed by atoms with E-state index in [-0.39, 0.29) is 0 Å². The summed E-state index contributed by atoms with van der Waals surface area (Å²) in [7, 11) is 0. The maximum absolute atomic E-state index is 2.56. The molecule has 0 aromatic rings. The zero-order valence-electron chi connectivity index (χ0n) is 11.1. The second kappa shape index (κ2) is 5.42. The molecule has 0 aliphatic heterocycles. The van der Waals surface area contributed by atoms with Crippen molar-refractivity contribution in [3.05, 3.63) is 28.7 Å². The Morgan fingerprint density at radius 1 is 0.588 bits per heavy atom. The topological polar surface area (TPSA) is 0 Å². The van der Waals surface area contributed by atoms with Crippen molar-refractivity contribution < 1.29 is 0 Å². The average Bonchev–Trinajstić information content (AvgIpc) is 2.46. The third-order valence-electron chi connectivity index (χ3n) is 4.85. The predicted octanol–water partition coefficient (Wildman–Crippen LogP) is 5.51. The van der Waals surface area contributed by atoms with Crippen molar-refractivity contribution in [1.29, 1.82) is 0 Å². The lowest BCUT2D eigenvalue weighted by atomic mass is 9.82. The van der Waals surface area contributed by atoms with Crippen molar-refractivity contribution in [2.75, 3.05) is 0 Å². The van der Waals surface area contributed by atoms with Gasteiger partial charge in [0.15, 0.2) is 0 Å². The van der Waals surface area contributed by atoms with E-state index in [1.807, 2.05) is 16.7 Å². The van der Waals surface area contributed by atoms with Crippen LogP contribution in [0.1, 0.15) is 77.0 Å². The Bertz CT molecular complexity index is 309. The van der Waals surface area contributed by atoms with Crippen LogP contribution in [-0.2, 0) is 0 Å². The molecule has 3 aliphatic rings. The molecule has 0 heteroatoms. The number of hydrogen-bond acceptors (Lipinski definition) is 0. The molecule has 1 radical (unpaired) electrons. The fraction of sp³-hybridized carbons (Fsp3) is 0.706. The zero-order valence-corrected chi connectivity index (χ0v) is 11.1. The summed E-state index contributed by atoms with van der Waals surface area (Å²) < 4.78 is 0. The molecular weight excluding hydrogens is 204 g/mol. The molecule has 0 nitrogen and oxygen atoms in total. The Balaban J connectivity index is 1.86. The van der Waals surface area contributed by atoms with Gasteiger partial charge in [0.2, 0.25) is 0 Å². The molecule has 0 atom stereocenters. The molecule has 0 fully saturated rings. The van der Waals surface area contributed by atoms with Crippen LogP contribution in [0.2, 0.25) is 0 Å². The third kappa shape index (κ3) is 2.67. The lowest BCUT2D eigenvalue weighted by Crippen LogP contribution is -2.05. The smallest absolute Gasteiger partial charge is 0.0100 e. The number of rotatable bonds is 0. The Hall–Kier alpha value is -0.520. The van der Waals surface area contributed by atoms with Gasteiger partial charge in [0.1, 0.15) is 0 Å². The van der Waals surface area contributed by atoms with Crippen molar-refractivity contribution >= 4 is 0 Å². The van der Waals surface area contributed by atoms with Crippen LogP contribution in [0.15, 0.2) is 22.3 Å². The SMILES string of the molecule is [CH]1CCCC2=C1CC1=C(CCCC2)CCCC1. The maximum atomic E-state index is 2.56. The molecule has 0 amide bonds. The van der Waals surface area contributed by atoms with Gasteiger partial charge in [-0.05, 0) is 83.5 Å². The van der Waals surface area contributed by atoms with E-state index in [2.05, 4.69) is 6.42 Å². The summed E-state index contributed by atoms with van der Waals surface area (Å²) in [5, 5.41) is 0. The molecule has 93 valence electrons. The van der Waals surface area contributed by atoms with Crippen molar-refractivity contribution in [3.8, 4) is 0 Å². The molecule has 0 aromatic carbocycles. The predicted molar refractivity (Wildman–Crippen MR) is 73.8 cm³/mol. The summed E-state index contributed by atoms with van der Waals surface area (Å²) in [5.74, 6) is 0. The fourth-order valence-corrected chi connectivity index (χ4v) is 3.83. The van der Waals surface area contributed by atoms with Crippen molar-refractivity contribution in [1.82, 2.24) is 0 Å². The molecular formula is C17H25. The van der Waals surface area contributed by atoms with Crippen LogP contribution in [-0.4, -0.2) is 0 Å². The summed E-state index contributed by atoms with van der Waals surface area (Å²) in [6.45, 7) is 0. The van der Waals surface area contributed by atoms with Crippen molar-refractivity contribution in [2.45, 2.75) is 77.0 Å². The Labute approximate surface area is 106 Å². The first-order valence-corrected chi connectivity index (χ1v) is 7.67. The highest BCUT2D eigenvalue weighted by Gasteiger charge is 2.19. The molecule has 0 saturated carbocycles. The normalized spacial score (nSPS) is 26.8. The van der Waals surface area contributed by atoms with E-state index in [0.717, 1.165) is 0 Å². The van der Waals surface area contributed by atoms with E-state index in [1.165, 1.54) is 77.0 Å². The summed E-state index contributed by atoms with van der Waals surface area (Å²) in [4.78, 5) is 0. The molecule has 0 bridgehead atoms. The molecule has 0 saturated heterocycles. The van der Waals surface area contributed by atoms with E-state index >= 15 is 0 Å². The van der Waals surface area contributed by atoms with Gasteiger partial charge < -0.3 is 0 Å². The molecule has 0 N–H and O–H groups in total. The third-order valence-corrected chi connectivity index (χ3v) is 4.85. The zero-order chi connectivity index (χ0) is 11.5. The van der Waals surface area contributed by atoms with Gasteiger partial charge in [0, 0.05) is 0 Å². The summed E-state index contributed by atoms with van der Waals surface area (Å²) in [6, 6.07) is 0. The number of hydrogen-bond donors (Lipinski definition) is 0. The summed E-state index contributed by atoms with van der Waals surface area (Å²) >= 11 is 0. The first-order valence-electron chi connectivity index (χ1n) is 7.67. The van der Waals surface area contributed by atoms with E-state index in [1.54, 1.807) is 5.57 Å². The van der Waals surface area contributed by atoms with Crippen LogP contribution < -0.4 is 0 Å². The second-order valence-electron chi connectivity index (χ2n) is 6.02. The van der Waals surface area contributed by atoms with Crippen molar-refractivity contribution in [3.63, 3.8) is 0 Å².